The zero-order chi connectivity index (χ0) is 14.6. The first kappa shape index (κ1) is 14.4. The van der Waals surface area contributed by atoms with Crippen LogP contribution in [0.4, 0.5) is 18.9 Å². The number of aliphatic hydroxyl groups excluding tert-OH is 1. The Bertz CT molecular complexity index is 581. The summed E-state index contributed by atoms with van der Waals surface area (Å²) in [5.41, 5.74) is 1.41. The van der Waals surface area contributed by atoms with E-state index in [0.29, 0.717) is 12.1 Å². The number of aliphatic hydroxyl groups is 1. The molecule has 0 aliphatic carbocycles. The highest BCUT2D eigenvalue weighted by atomic mass is 19.4. The summed E-state index contributed by atoms with van der Waals surface area (Å²) >= 11 is 0. The molecule has 0 bridgehead atoms. The van der Waals surface area contributed by atoms with Gasteiger partial charge in [0.15, 0.2) is 0 Å². The van der Waals surface area contributed by atoms with Crippen molar-refractivity contribution < 1.29 is 18.3 Å². The molecule has 0 radical (unpaired) electrons. The summed E-state index contributed by atoms with van der Waals surface area (Å²) < 4.78 is 37.7. The van der Waals surface area contributed by atoms with Gasteiger partial charge in [-0.2, -0.15) is 13.2 Å². The van der Waals surface area contributed by atoms with E-state index in [1.54, 1.807) is 30.3 Å². The topological polar surface area (TPSA) is 32.3 Å². The predicted molar refractivity (Wildman–Crippen MR) is 71.1 cm³/mol. The van der Waals surface area contributed by atoms with Crippen LogP contribution in [0.2, 0.25) is 0 Å². The molecule has 106 valence electrons. The molecule has 0 amide bonds. The van der Waals surface area contributed by atoms with E-state index in [-0.39, 0.29) is 6.61 Å². The Kier molecular flexibility index (Phi) is 4.29. The zero-order valence-corrected chi connectivity index (χ0v) is 10.6. The molecule has 2 rings (SSSR count). The van der Waals surface area contributed by atoms with Crippen molar-refractivity contribution in [2.75, 3.05) is 5.32 Å². The maximum absolute atomic E-state index is 12.6. The highest BCUT2D eigenvalue weighted by molar-refractivity contribution is 5.46. The van der Waals surface area contributed by atoms with E-state index < -0.39 is 11.7 Å². The molecule has 0 aliphatic rings. The average molecular weight is 281 g/mol. The molecule has 2 nitrogen and oxygen atoms in total. The molecule has 2 N–H and O–H groups in total. The Balaban J connectivity index is 2.07. The molecule has 0 heterocycles. The van der Waals surface area contributed by atoms with Crippen LogP contribution in [0.3, 0.4) is 0 Å². The Morgan fingerprint density at radius 3 is 2.35 bits per heavy atom. The fourth-order valence-corrected chi connectivity index (χ4v) is 1.84. The van der Waals surface area contributed by atoms with Crippen LogP contribution in [0.5, 0.6) is 0 Å². The second kappa shape index (κ2) is 5.96. The smallest absolute Gasteiger partial charge is 0.392 e. The Morgan fingerprint density at radius 2 is 1.65 bits per heavy atom. The highest BCUT2D eigenvalue weighted by Crippen LogP contribution is 2.29. The maximum Gasteiger partial charge on any atom is 0.416 e. The Hall–Kier alpha value is -2.01. The van der Waals surface area contributed by atoms with Crippen LogP contribution in [0, 0.1) is 0 Å². The Morgan fingerprint density at radius 1 is 0.950 bits per heavy atom. The van der Waals surface area contributed by atoms with Crippen molar-refractivity contribution in [1.82, 2.24) is 0 Å². The summed E-state index contributed by atoms with van der Waals surface area (Å²) in [6.07, 6.45) is -4.33. The molecular weight excluding hydrogens is 267 g/mol. The monoisotopic (exact) mass is 281 g/mol. The lowest BCUT2D eigenvalue weighted by Crippen LogP contribution is -2.07. The van der Waals surface area contributed by atoms with Gasteiger partial charge in [-0.3, -0.25) is 0 Å². The van der Waals surface area contributed by atoms with Crippen LogP contribution in [0.1, 0.15) is 16.7 Å². The number of hydrogen-bond acceptors (Lipinski definition) is 2. The van der Waals surface area contributed by atoms with E-state index in [0.717, 1.165) is 23.4 Å². The molecule has 0 spiro atoms. The van der Waals surface area contributed by atoms with E-state index >= 15 is 0 Å². The standard InChI is InChI=1S/C15H14F3NO/c16-15(17,18)13-5-1-3-11(7-13)9-19-14-6-2-4-12(8-14)10-20/h1-8,19-20H,9-10H2. The molecule has 0 saturated heterocycles. The van der Waals surface area contributed by atoms with Crippen LogP contribution >= 0.6 is 0 Å². The van der Waals surface area contributed by atoms with Gasteiger partial charge < -0.3 is 10.4 Å². The lowest BCUT2D eigenvalue weighted by molar-refractivity contribution is -0.137. The molecular formula is C15H14F3NO. The number of rotatable bonds is 4. The molecule has 0 saturated carbocycles. The van der Waals surface area contributed by atoms with Crippen LogP contribution < -0.4 is 5.32 Å². The first-order valence-electron chi connectivity index (χ1n) is 6.09. The number of alkyl halides is 3. The average Bonchev–Trinajstić information content (AvgIpc) is 2.45. The number of anilines is 1. The lowest BCUT2D eigenvalue weighted by atomic mass is 10.1. The van der Waals surface area contributed by atoms with E-state index in [1.165, 1.54) is 6.07 Å². The number of nitrogens with one attached hydrogen (secondary N) is 1. The van der Waals surface area contributed by atoms with Gasteiger partial charge in [-0.15, -0.1) is 0 Å². The van der Waals surface area contributed by atoms with Gasteiger partial charge >= 0.3 is 6.18 Å². The third-order valence-electron chi connectivity index (χ3n) is 2.86. The van der Waals surface area contributed by atoms with Crippen molar-refractivity contribution >= 4 is 5.69 Å². The summed E-state index contributed by atoms with van der Waals surface area (Å²) in [6, 6.07) is 12.3. The molecule has 2 aromatic carbocycles. The van der Waals surface area contributed by atoms with Crippen LogP contribution in [-0.4, -0.2) is 5.11 Å². The van der Waals surface area contributed by atoms with Crippen LogP contribution in [0.15, 0.2) is 48.5 Å². The quantitative estimate of drug-likeness (QED) is 0.893. The van der Waals surface area contributed by atoms with Crippen molar-refractivity contribution in [2.45, 2.75) is 19.3 Å². The predicted octanol–water partition coefficient (Wildman–Crippen LogP) is 3.81. The van der Waals surface area contributed by atoms with Crippen molar-refractivity contribution in [1.29, 1.82) is 0 Å². The summed E-state index contributed by atoms with van der Waals surface area (Å²) in [7, 11) is 0. The number of benzene rings is 2. The maximum atomic E-state index is 12.6. The van der Waals surface area contributed by atoms with Gasteiger partial charge in [0, 0.05) is 12.2 Å². The molecule has 0 aliphatic heterocycles. The molecule has 5 heteroatoms. The molecule has 0 fully saturated rings. The summed E-state index contributed by atoms with van der Waals surface area (Å²) in [5.74, 6) is 0. The van der Waals surface area contributed by atoms with E-state index in [4.69, 9.17) is 5.11 Å². The normalized spacial score (nSPS) is 11.4. The first-order chi connectivity index (χ1) is 9.49. The zero-order valence-electron chi connectivity index (χ0n) is 10.6. The molecule has 0 aromatic heterocycles. The lowest BCUT2D eigenvalue weighted by Gasteiger charge is -2.10. The van der Waals surface area contributed by atoms with Gasteiger partial charge in [0.05, 0.1) is 12.2 Å². The van der Waals surface area contributed by atoms with E-state index in [9.17, 15) is 13.2 Å². The van der Waals surface area contributed by atoms with Crippen LogP contribution in [-0.2, 0) is 19.3 Å². The summed E-state index contributed by atoms with van der Waals surface area (Å²) in [5, 5.41) is 12.1. The SMILES string of the molecule is OCc1cccc(NCc2cccc(C(F)(F)F)c2)c1. The van der Waals surface area contributed by atoms with E-state index in [2.05, 4.69) is 5.32 Å². The third kappa shape index (κ3) is 3.74. The number of halogens is 3. The first-order valence-corrected chi connectivity index (χ1v) is 6.09. The molecule has 0 atom stereocenters. The van der Waals surface area contributed by atoms with Gasteiger partial charge in [-0.1, -0.05) is 24.3 Å². The van der Waals surface area contributed by atoms with Gasteiger partial charge in [-0.25, -0.2) is 0 Å². The van der Waals surface area contributed by atoms with Gasteiger partial charge in [-0.05, 0) is 35.4 Å². The summed E-state index contributed by atoms with van der Waals surface area (Å²) in [6.45, 7) is 0.220. The third-order valence-corrected chi connectivity index (χ3v) is 2.86. The van der Waals surface area contributed by atoms with Crippen molar-refractivity contribution in [3.63, 3.8) is 0 Å². The Labute approximate surface area is 114 Å². The molecule has 0 unspecified atom stereocenters. The minimum atomic E-state index is -4.33. The van der Waals surface area contributed by atoms with Crippen molar-refractivity contribution in [2.24, 2.45) is 0 Å². The largest absolute Gasteiger partial charge is 0.416 e. The second-order valence-electron chi connectivity index (χ2n) is 4.41. The van der Waals surface area contributed by atoms with Gasteiger partial charge in [0.2, 0.25) is 0 Å². The van der Waals surface area contributed by atoms with Crippen molar-refractivity contribution in [3.8, 4) is 0 Å². The fraction of sp³-hybridized carbons (Fsp3) is 0.200. The molecule has 20 heavy (non-hydrogen) atoms. The van der Waals surface area contributed by atoms with Crippen LogP contribution in [0.25, 0.3) is 0 Å². The van der Waals surface area contributed by atoms with Gasteiger partial charge in [0.25, 0.3) is 0 Å². The minimum Gasteiger partial charge on any atom is -0.392 e. The fourth-order valence-electron chi connectivity index (χ4n) is 1.84. The minimum absolute atomic E-state index is 0.0704. The number of hydrogen-bond donors (Lipinski definition) is 2. The molecule has 2 aromatic rings. The highest BCUT2D eigenvalue weighted by Gasteiger charge is 2.30. The van der Waals surface area contributed by atoms with Gasteiger partial charge in [0.1, 0.15) is 0 Å². The second-order valence-corrected chi connectivity index (χ2v) is 4.41. The van der Waals surface area contributed by atoms with Crippen molar-refractivity contribution in [3.05, 3.63) is 65.2 Å². The summed E-state index contributed by atoms with van der Waals surface area (Å²) in [4.78, 5) is 0. The van der Waals surface area contributed by atoms with E-state index in [1.807, 2.05) is 0 Å².